The van der Waals surface area contributed by atoms with Gasteiger partial charge in [0.15, 0.2) is 5.12 Å². The van der Waals surface area contributed by atoms with Crippen molar-refractivity contribution in [2.45, 2.75) is 44.9 Å². The molecule has 0 radical (unpaired) electrons. The number of likely N-dealkylation sites (tertiary alicyclic amines) is 1. The van der Waals surface area contributed by atoms with E-state index in [4.69, 9.17) is 4.74 Å². The molecule has 2 unspecified atom stereocenters. The summed E-state index contributed by atoms with van der Waals surface area (Å²) in [4.78, 5) is 25.2. The fourth-order valence-electron chi connectivity index (χ4n) is 2.63. The van der Waals surface area contributed by atoms with Crippen LogP contribution in [0.4, 0.5) is 0 Å². The minimum Gasteiger partial charge on any atom is -0.494 e. The first-order valence-electron chi connectivity index (χ1n) is 7.70. The van der Waals surface area contributed by atoms with Gasteiger partial charge >= 0.3 is 0 Å². The molecule has 1 aliphatic rings. The molecule has 1 aromatic rings. The largest absolute Gasteiger partial charge is 0.494 e. The van der Waals surface area contributed by atoms with E-state index in [2.05, 4.69) is 6.92 Å². The highest BCUT2D eigenvalue weighted by Crippen LogP contribution is 2.31. The Bertz CT molecular complexity index is 529. The molecule has 1 aliphatic heterocycles. The molecule has 0 bridgehead atoms. The average molecular weight is 321 g/mol. The van der Waals surface area contributed by atoms with E-state index in [1.165, 1.54) is 11.8 Å². The van der Waals surface area contributed by atoms with Gasteiger partial charge in [0.1, 0.15) is 5.75 Å². The minimum absolute atomic E-state index is 0.0188. The Hall–Kier alpha value is -1.49. The number of hydrogen-bond donors (Lipinski definition) is 0. The third-order valence-electron chi connectivity index (χ3n) is 3.76. The Labute approximate surface area is 136 Å². The lowest BCUT2D eigenvalue weighted by Gasteiger charge is -2.25. The van der Waals surface area contributed by atoms with E-state index >= 15 is 0 Å². The third kappa shape index (κ3) is 4.26. The standard InChI is InChI=1S/C17H23NO3S/c1-4-9-21-15-7-5-14(6-8-15)12(2)18-11-16(10-17(18)20)22-13(3)19/h5-8,12,16H,4,9-11H2,1-3H3. The van der Waals surface area contributed by atoms with Gasteiger partial charge in [0.2, 0.25) is 5.91 Å². The van der Waals surface area contributed by atoms with Crippen molar-refractivity contribution in [3.8, 4) is 5.75 Å². The van der Waals surface area contributed by atoms with Crippen LogP contribution in [0, 0.1) is 0 Å². The number of hydrogen-bond acceptors (Lipinski definition) is 4. The zero-order chi connectivity index (χ0) is 16.1. The van der Waals surface area contributed by atoms with E-state index in [0.29, 0.717) is 19.6 Å². The number of rotatable bonds is 6. The van der Waals surface area contributed by atoms with Crippen molar-refractivity contribution in [2.75, 3.05) is 13.2 Å². The molecule has 0 aromatic heterocycles. The summed E-state index contributed by atoms with van der Waals surface area (Å²) in [6.45, 7) is 7.00. The normalized spacial score (nSPS) is 19.3. The van der Waals surface area contributed by atoms with Crippen molar-refractivity contribution in [3.63, 3.8) is 0 Å². The van der Waals surface area contributed by atoms with E-state index in [1.54, 1.807) is 6.92 Å². The maximum atomic E-state index is 12.2. The predicted octanol–water partition coefficient (Wildman–Crippen LogP) is 3.42. The maximum absolute atomic E-state index is 12.2. The van der Waals surface area contributed by atoms with Gasteiger partial charge in [0.25, 0.3) is 0 Å². The predicted molar refractivity (Wildman–Crippen MR) is 89.0 cm³/mol. The van der Waals surface area contributed by atoms with E-state index in [1.807, 2.05) is 36.1 Å². The van der Waals surface area contributed by atoms with Crippen molar-refractivity contribution < 1.29 is 14.3 Å². The number of carbonyl (C=O) groups excluding carboxylic acids is 2. The quantitative estimate of drug-likeness (QED) is 0.805. The molecule has 120 valence electrons. The maximum Gasteiger partial charge on any atom is 0.224 e. The molecule has 1 aromatic carbocycles. The smallest absolute Gasteiger partial charge is 0.224 e. The average Bonchev–Trinajstić information content (AvgIpc) is 2.84. The minimum atomic E-state index is 0.0188. The molecular formula is C17H23NO3S. The monoisotopic (exact) mass is 321 g/mol. The van der Waals surface area contributed by atoms with Gasteiger partial charge in [-0.05, 0) is 31.0 Å². The summed E-state index contributed by atoms with van der Waals surface area (Å²) in [5.41, 5.74) is 1.09. The van der Waals surface area contributed by atoms with Gasteiger partial charge in [-0.3, -0.25) is 9.59 Å². The Morgan fingerprint density at radius 3 is 2.68 bits per heavy atom. The number of ether oxygens (including phenoxy) is 1. The first-order chi connectivity index (χ1) is 10.5. The fourth-order valence-corrected chi connectivity index (χ4v) is 3.56. The van der Waals surface area contributed by atoms with Gasteiger partial charge in [0, 0.05) is 25.1 Å². The summed E-state index contributed by atoms with van der Waals surface area (Å²) < 4.78 is 5.58. The second-order valence-corrected chi connectivity index (χ2v) is 7.05. The first-order valence-corrected chi connectivity index (χ1v) is 8.58. The number of nitrogens with zero attached hydrogens (tertiary/aromatic N) is 1. The van der Waals surface area contributed by atoms with Gasteiger partial charge in [0.05, 0.1) is 12.6 Å². The zero-order valence-corrected chi connectivity index (χ0v) is 14.2. The first kappa shape index (κ1) is 16.9. The number of benzene rings is 1. The van der Waals surface area contributed by atoms with E-state index in [0.717, 1.165) is 17.7 Å². The van der Waals surface area contributed by atoms with Gasteiger partial charge in [-0.25, -0.2) is 0 Å². The molecule has 1 heterocycles. The lowest BCUT2D eigenvalue weighted by molar-refractivity contribution is -0.129. The van der Waals surface area contributed by atoms with Crippen LogP contribution in [-0.2, 0) is 9.59 Å². The zero-order valence-electron chi connectivity index (χ0n) is 13.4. The summed E-state index contributed by atoms with van der Waals surface area (Å²) >= 11 is 1.27. The van der Waals surface area contributed by atoms with E-state index < -0.39 is 0 Å². The molecule has 5 heteroatoms. The van der Waals surface area contributed by atoms with Crippen LogP contribution in [0.2, 0.25) is 0 Å². The van der Waals surface area contributed by atoms with Gasteiger partial charge in [-0.1, -0.05) is 30.8 Å². The molecule has 0 aliphatic carbocycles. The van der Waals surface area contributed by atoms with E-state index in [-0.39, 0.29) is 22.3 Å². The van der Waals surface area contributed by atoms with Crippen LogP contribution in [0.15, 0.2) is 24.3 Å². The summed E-state index contributed by atoms with van der Waals surface area (Å²) in [5, 5.41) is 0.157. The highest BCUT2D eigenvalue weighted by Gasteiger charge is 2.34. The molecule has 2 atom stereocenters. The number of thioether (sulfide) groups is 1. The van der Waals surface area contributed by atoms with Crippen molar-refractivity contribution >= 4 is 22.8 Å². The highest BCUT2D eigenvalue weighted by atomic mass is 32.2. The van der Waals surface area contributed by atoms with Crippen LogP contribution in [0.25, 0.3) is 0 Å². The van der Waals surface area contributed by atoms with Crippen LogP contribution in [-0.4, -0.2) is 34.3 Å². The van der Waals surface area contributed by atoms with Crippen LogP contribution in [0.3, 0.4) is 0 Å². The number of carbonyl (C=O) groups is 2. The highest BCUT2D eigenvalue weighted by molar-refractivity contribution is 8.14. The Morgan fingerprint density at radius 2 is 2.09 bits per heavy atom. The second-order valence-electron chi connectivity index (χ2n) is 5.58. The van der Waals surface area contributed by atoms with Gasteiger partial charge in [-0.15, -0.1) is 0 Å². The Morgan fingerprint density at radius 1 is 1.41 bits per heavy atom. The Balaban J connectivity index is 2.00. The lowest BCUT2D eigenvalue weighted by Crippen LogP contribution is -2.28. The fraction of sp³-hybridized carbons (Fsp3) is 0.529. The van der Waals surface area contributed by atoms with Crippen LogP contribution >= 0.6 is 11.8 Å². The Kier molecular flexibility index (Phi) is 5.89. The summed E-state index contributed by atoms with van der Waals surface area (Å²) in [6.07, 6.45) is 1.43. The molecule has 22 heavy (non-hydrogen) atoms. The molecule has 2 rings (SSSR count). The molecule has 1 fully saturated rings. The molecule has 0 N–H and O–H groups in total. The molecule has 0 saturated carbocycles. The second kappa shape index (κ2) is 7.68. The van der Waals surface area contributed by atoms with Crippen molar-refractivity contribution in [1.29, 1.82) is 0 Å². The van der Waals surface area contributed by atoms with Crippen molar-refractivity contribution in [3.05, 3.63) is 29.8 Å². The summed E-state index contributed by atoms with van der Waals surface area (Å²) in [7, 11) is 0. The molecule has 1 amide bonds. The lowest BCUT2D eigenvalue weighted by atomic mass is 10.1. The van der Waals surface area contributed by atoms with Crippen molar-refractivity contribution in [2.24, 2.45) is 0 Å². The van der Waals surface area contributed by atoms with Crippen LogP contribution < -0.4 is 4.74 Å². The summed E-state index contributed by atoms with van der Waals surface area (Å²) in [6, 6.07) is 7.93. The van der Waals surface area contributed by atoms with E-state index in [9.17, 15) is 9.59 Å². The summed E-state index contributed by atoms with van der Waals surface area (Å²) in [5.74, 6) is 0.980. The topological polar surface area (TPSA) is 46.6 Å². The molecule has 4 nitrogen and oxygen atoms in total. The van der Waals surface area contributed by atoms with Gasteiger partial charge < -0.3 is 9.64 Å². The van der Waals surface area contributed by atoms with Crippen molar-refractivity contribution in [1.82, 2.24) is 4.90 Å². The van der Waals surface area contributed by atoms with Crippen LogP contribution in [0.1, 0.15) is 45.2 Å². The molecular weight excluding hydrogens is 298 g/mol. The van der Waals surface area contributed by atoms with Crippen LogP contribution in [0.5, 0.6) is 5.75 Å². The molecule has 0 spiro atoms. The SMILES string of the molecule is CCCOc1ccc(C(C)N2CC(SC(C)=O)CC2=O)cc1. The van der Waals surface area contributed by atoms with Gasteiger partial charge in [-0.2, -0.15) is 0 Å². The molecule has 1 saturated heterocycles. The number of amides is 1. The third-order valence-corrected chi connectivity index (χ3v) is 4.74.